The minimum absolute atomic E-state index is 0.0147. The van der Waals surface area contributed by atoms with Gasteiger partial charge in [-0.25, -0.2) is 4.68 Å². The van der Waals surface area contributed by atoms with Crippen molar-refractivity contribution < 1.29 is 9.53 Å². The third-order valence-electron chi connectivity index (χ3n) is 5.67. The van der Waals surface area contributed by atoms with Crippen LogP contribution in [0.25, 0.3) is 0 Å². The van der Waals surface area contributed by atoms with Crippen molar-refractivity contribution in [1.29, 1.82) is 0 Å². The Morgan fingerprint density at radius 2 is 2.10 bits per heavy atom. The van der Waals surface area contributed by atoms with Crippen molar-refractivity contribution in [3.05, 3.63) is 35.2 Å². The second-order valence-corrected chi connectivity index (χ2v) is 9.42. The molecule has 2 unspecified atom stereocenters. The van der Waals surface area contributed by atoms with Gasteiger partial charge in [0.1, 0.15) is 12.4 Å². The number of amides is 1. The topological polar surface area (TPSA) is 95.1 Å². The zero-order valence-corrected chi connectivity index (χ0v) is 19.2. The minimum Gasteiger partial charge on any atom is -0.485 e. The van der Waals surface area contributed by atoms with Gasteiger partial charge in [-0.1, -0.05) is 57.5 Å². The first-order valence-corrected chi connectivity index (χ1v) is 11.7. The molecule has 8 heteroatoms. The second kappa shape index (κ2) is 10.2. The number of nitrogen functional groups attached to an aromatic ring is 1. The summed E-state index contributed by atoms with van der Waals surface area (Å²) in [5, 5.41) is 11.9. The molecule has 3 rings (SSSR count). The normalized spacial score (nSPS) is 19.1. The highest BCUT2D eigenvalue weighted by molar-refractivity contribution is 7.99. The largest absolute Gasteiger partial charge is 0.485 e. The van der Waals surface area contributed by atoms with Crippen molar-refractivity contribution in [3.63, 3.8) is 0 Å². The van der Waals surface area contributed by atoms with Crippen LogP contribution < -0.4 is 15.9 Å². The van der Waals surface area contributed by atoms with Crippen LogP contribution in [-0.2, 0) is 11.4 Å². The highest BCUT2D eigenvalue weighted by atomic mass is 32.2. The van der Waals surface area contributed by atoms with Crippen LogP contribution in [0.15, 0.2) is 23.4 Å². The maximum Gasteiger partial charge on any atom is 0.230 e. The molecule has 1 heterocycles. The molecule has 0 saturated heterocycles. The fraction of sp³-hybridized carbons (Fsp3) is 0.591. The fourth-order valence-electron chi connectivity index (χ4n) is 3.80. The summed E-state index contributed by atoms with van der Waals surface area (Å²) < 4.78 is 7.41. The first-order valence-electron chi connectivity index (χ1n) is 10.7. The number of nitrogens with one attached hydrogen (secondary N) is 1. The van der Waals surface area contributed by atoms with Crippen molar-refractivity contribution in [2.24, 2.45) is 5.92 Å². The number of aromatic nitrogens is 3. The first kappa shape index (κ1) is 22.5. The molecule has 1 aromatic heterocycles. The van der Waals surface area contributed by atoms with E-state index in [0.717, 1.165) is 23.3 Å². The molecule has 2 aromatic rings. The van der Waals surface area contributed by atoms with Crippen molar-refractivity contribution >= 4 is 17.7 Å². The molecule has 30 heavy (non-hydrogen) atoms. The van der Waals surface area contributed by atoms with Gasteiger partial charge < -0.3 is 15.9 Å². The average molecular weight is 432 g/mol. The molecule has 2 atom stereocenters. The van der Waals surface area contributed by atoms with Crippen molar-refractivity contribution in [1.82, 2.24) is 20.2 Å². The lowest BCUT2D eigenvalue weighted by Gasteiger charge is -2.29. The summed E-state index contributed by atoms with van der Waals surface area (Å²) in [6.07, 6.45) is 4.68. The summed E-state index contributed by atoms with van der Waals surface area (Å²) in [6.45, 7) is 8.74. The van der Waals surface area contributed by atoms with Gasteiger partial charge >= 0.3 is 0 Å². The predicted molar refractivity (Wildman–Crippen MR) is 120 cm³/mol. The molecule has 1 amide bonds. The van der Waals surface area contributed by atoms with Crippen LogP contribution in [-0.4, -0.2) is 32.6 Å². The standard InChI is InChI=1S/C22H33N5O2S/c1-14(2)17-10-9-15(3)11-19(17)29-12-20-25-26-22(27(20)23)30-13-21(28)24-18-8-6-5-7-16(18)4/h9-11,14,16,18H,5-8,12-13,23H2,1-4H3,(H,24,28). The number of rotatable bonds is 8. The van der Waals surface area contributed by atoms with E-state index in [-0.39, 0.29) is 24.3 Å². The third kappa shape index (κ3) is 5.68. The predicted octanol–water partition coefficient (Wildman–Crippen LogP) is 3.79. The number of carbonyl (C=O) groups excluding carboxylic acids is 1. The lowest BCUT2D eigenvalue weighted by molar-refractivity contribution is -0.119. The van der Waals surface area contributed by atoms with Crippen molar-refractivity contribution in [2.75, 3.05) is 11.6 Å². The Bertz CT molecular complexity index is 867. The molecule has 1 aliphatic carbocycles. The first-order chi connectivity index (χ1) is 14.3. The molecule has 0 radical (unpaired) electrons. The number of nitrogens with zero attached hydrogens (tertiary/aromatic N) is 3. The fourth-order valence-corrected chi connectivity index (χ4v) is 4.49. The number of hydrogen-bond acceptors (Lipinski definition) is 6. The summed E-state index contributed by atoms with van der Waals surface area (Å²) in [4.78, 5) is 12.3. The Morgan fingerprint density at radius 3 is 2.83 bits per heavy atom. The number of aryl methyl sites for hydroxylation is 1. The van der Waals surface area contributed by atoms with Crippen LogP contribution in [0.5, 0.6) is 5.75 Å². The third-order valence-corrected chi connectivity index (χ3v) is 6.62. The maximum absolute atomic E-state index is 12.3. The molecular formula is C22H33N5O2S. The number of hydrogen-bond donors (Lipinski definition) is 2. The van der Waals surface area contributed by atoms with Crippen LogP contribution in [0.4, 0.5) is 0 Å². The number of ether oxygens (including phenoxy) is 1. The van der Waals surface area contributed by atoms with Gasteiger partial charge in [0.05, 0.1) is 5.75 Å². The van der Waals surface area contributed by atoms with Gasteiger partial charge in [0.25, 0.3) is 0 Å². The van der Waals surface area contributed by atoms with E-state index < -0.39 is 0 Å². The summed E-state index contributed by atoms with van der Waals surface area (Å²) >= 11 is 1.29. The zero-order chi connectivity index (χ0) is 21.7. The molecule has 0 bridgehead atoms. The SMILES string of the molecule is Cc1ccc(C(C)C)c(OCc2nnc(SCC(=O)NC3CCCCC3C)n2N)c1. The molecule has 1 aliphatic rings. The molecule has 7 nitrogen and oxygen atoms in total. The summed E-state index contributed by atoms with van der Waals surface area (Å²) in [6, 6.07) is 6.48. The van der Waals surface area contributed by atoms with E-state index in [0.29, 0.717) is 22.8 Å². The average Bonchev–Trinajstić information content (AvgIpc) is 3.06. The van der Waals surface area contributed by atoms with Crippen molar-refractivity contribution in [2.45, 2.75) is 77.1 Å². The highest BCUT2D eigenvalue weighted by Gasteiger charge is 2.23. The second-order valence-electron chi connectivity index (χ2n) is 8.48. The van der Waals surface area contributed by atoms with E-state index in [4.69, 9.17) is 10.6 Å². The molecule has 0 aliphatic heterocycles. The quantitative estimate of drug-likeness (QED) is 0.488. The highest BCUT2D eigenvalue weighted by Crippen LogP contribution is 2.28. The van der Waals surface area contributed by atoms with Gasteiger partial charge in [-0.15, -0.1) is 10.2 Å². The van der Waals surface area contributed by atoms with Gasteiger partial charge in [-0.3, -0.25) is 4.79 Å². The molecule has 1 fully saturated rings. The lowest BCUT2D eigenvalue weighted by Crippen LogP contribution is -2.41. The summed E-state index contributed by atoms with van der Waals surface area (Å²) in [5.74, 6) is 8.68. The Labute approximate surface area is 183 Å². The summed E-state index contributed by atoms with van der Waals surface area (Å²) in [7, 11) is 0. The number of nitrogens with two attached hydrogens (primary N) is 1. The van der Waals surface area contributed by atoms with Crippen LogP contribution in [0.1, 0.15) is 69.3 Å². The van der Waals surface area contributed by atoms with E-state index in [1.807, 2.05) is 13.0 Å². The Hall–Kier alpha value is -2.22. The summed E-state index contributed by atoms with van der Waals surface area (Å²) in [5.41, 5.74) is 2.28. The Kier molecular flexibility index (Phi) is 7.64. The van der Waals surface area contributed by atoms with Gasteiger partial charge in [-0.2, -0.15) is 0 Å². The van der Waals surface area contributed by atoms with E-state index in [1.165, 1.54) is 35.7 Å². The monoisotopic (exact) mass is 431 g/mol. The van der Waals surface area contributed by atoms with Crippen molar-refractivity contribution in [3.8, 4) is 5.75 Å². The van der Waals surface area contributed by atoms with Crippen LogP contribution in [0.3, 0.4) is 0 Å². The van der Waals surface area contributed by atoms with E-state index in [2.05, 4.69) is 48.4 Å². The molecule has 1 aromatic carbocycles. The van der Waals surface area contributed by atoms with E-state index >= 15 is 0 Å². The van der Waals surface area contributed by atoms with E-state index in [9.17, 15) is 4.79 Å². The van der Waals surface area contributed by atoms with E-state index in [1.54, 1.807) is 0 Å². The van der Waals surface area contributed by atoms with Gasteiger partial charge in [0.15, 0.2) is 5.82 Å². The molecule has 0 spiro atoms. The Balaban J connectivity index is 1.55. The molecule has 164 valence electrons. The number of thioether (sulfide) groups is 1. The van der Waals surface area contributed by atoms with Gasteiger partial charge in [0.2, 0.25) is 11.1 Å². The number of benzene rings is 1. The molecular weight excluding hydrogens is 398 g/mol. The zero-order valence-electron chi connectivity index (χ0n) is 18.4. The van der Waals surface area contributed by atoms with Gasteiger partial charge in [0, 0.05) is 6.04 Å². The lowest BCUT2D eigenvalue weighted by atomic mass is 9.86. The van der Waals surface area contributed by atoms with Gasteiger partial charge in [-0.05, 0) is 48.8 Å². The molecule has 1 saturated carbocycles. The van der Waals surface area contributed by atoms with Crippen LogP contribution in [0.2, 0.25) is 0 Å². The molecule has 3 N–H and O–H groups in total. The maximum atomic E-state index is 12.3. The minimum atomic E-state index is 0.0147. The number of carbonyl (C=O) groups is 1. The van der Waals surface area contributed by atoms with Crippen LogP contribution >= 0.6 is 11.8 Å². The smallest absolute Gasteiger partial charge is 0.230 e. The van der Waals surface area contributed by atoms with Crippen LogP contribution in [0, 0.1) is 12.8 Å². The Morgan fingerprint density at radius 1 is 1.33 bits per heavy atom.